The van der Waals surface area contributed by atoms with Crippen LogP contribution in [0.4, 0.5) is 19.3 Å². The summed E-state index contributed by atoms with van der Waals surface area (Å²) in [6, 6.07) is 2.32. The predicted octanol–water partition coefficient (Wildman–Crippen LogP) is 3.73. The highest BCUT2D eigenvalue weighted by atomic mass is 19.1. The summed E-state index contributed by atoms with van der Waals surface area (Å²) in [4.78, 5) is 26.0. The van der Waals surface area contributed by atoms with Crippen molar-refractivity contribution in [3.63, 3.8) is 0 Å². The number of hydrogen-bond acceptors (Lipinski definition) is 5. The molecule has 2 aliphatic heterocycles. The molecule has 180 valence electrons. The van der Waals surface area contributed by atoms with Gasteiger partial charge >= 0.3 is 6.09 Å². The number of halogens is 2. The molecule has 33 heavy (non-hydrogen) atoms. The van der Waals surface area contributed by atoms with E-state index in [0.717, 1.165) is 0 Å². The Kier molecular flexibility index (Phi) is 6.35. The molecule has 1 aromatic rings. The van der Waals surface area contributed by atoms with E-state index in [1.165, 1.54) is 12.1 Å². The SMILES string of the molecule is C=C1CCC(c2c(F)cc(N3CC(NC(=O)OC4CC(OC(C)(C)C)C4)C3)cc2F)C(=O)N1. The number of piperidine rings is 1. The summed E-state index contributed by atoms with van der Waals surface area (Å²) < 4.78 is 40.7. The molecule has 2 heterocycles. The molecule has 3 fully saturated rings. The highest BCUT2D eigenvalue weighted by Crippen LogP contribution is 2.34. The van der Waals surface area contributed by atoms with E-state index in [1.807, 2.05) is 20.8 Å². The Balaban J connectivity index is 1.25. The maximum absolute atomic E-state index is 14.7. The molecule has 0 spiro atoms. The smallest absolute Gasteiger partial charge is 0.407 e. The third-order valence-electron chi connectivity index (χ3n) is 6.18. The zero-order valence-electron chi connectivity index (χ0n) is 19.2. The standard InChI is InChI=1S/C24H31F2N3O4/c1-13-5-6-18(22(30)27-13)21-19(25)7-15(8-20(21)26)29-11-14(12-29)28-23(31)32-16-9-17(10-16)33-24(2,3)4/h7-8,14,16-18H,1,5-6,9-12H2,2-4H3,(H,27,30)(H,28,31). The molecule has 2 saturated heterocycles. The second-order valence-corrected chi connectivity index (χ2v) is 10.1. The highest BCUT2D eigenvalue weighted by Gasteiger charge is 2.37. The molecule has 1 saturated carbocycles. The minimum Gasteiger partial charge on any atom is -0.446 e. The van der Waals surface area contributed by atoms with Crippen LogP contribution < -0.4 is 15.5 Å². The summed E-state index contributed by atoms with van der Waals surface area (Å²) in [6.07, 6.45) is 1.62. The number of anilines is 1. The van der Waals surface area contributed by atoms with Gasteiger partial charge in [0.25, 0.3) is 0 Å². The van der Waals surface area contributed by atoms with Crippen molar-refractivity contribution >= 4 is 17.7 Å². The largest absolute Gasteiger partial charge is 0.446 e. The lowest BCUT2D eigenvalue weighted by Crippen LogP contribution is -2.60. The molecule has 2 amide bonds. The Bertz CT molecular complexity index is 927. The van der Waals surface area contributed by atoms with Gasteiger partial charge in [-0.1, -0.05) is 6.58 Å². The quantitative estimate of drug-likeness (QED) is 0.696. The van der Waals surface area contributed by atoms with Gasteiger partial charge in [-0.2, -0.15) is 0 Å². The predicted molar refractivity (Wildman–Crippen MR) is 119 cm³/mol. The van der Waals surface area contributed by atoms with E-state index in [2.05, 4.69) is 17.2 Å². The number of hydrogen-bond donors (Lipinski definition) is 2. The lowest BCUT2D eigenvalue weighted by molar-refractivity contribution is -0.133. The van der Waals surface area contributed by atoms with Gasteiger partial charge in [-0.25, -0.2) is 13.6 Å². The van der Waals surface area contributed by atoms with Crippen molar-refractivity contribution < 1.29 is 27.8 Å². The van der Waals surface area contributed by atoms with Crippen LogP contribution in [0.1, 0.15) is 57.9 Å². The Morgan fingerprint density at radius 1 is 1.18 bits per heavy atom. The van der Waals surface area contributed by atoms with E-state index < -0.39 is 29.6 Å². The lowest BCUT2D eigenvalue weighted by atomic mass is 9.88. The third kappa shape index (κ3) is 5.46. The normalized spacial score (nSPS) is 25.7. The van der Waals surface area contributed by atoms with E-state index in [1.54, 1.807) is 4.90 Å². The van der Waals surface area contributed by atoms with Crippen molar-refractivity contribution in [3.8, 4) is 0 Å². The van der Waals surface area contributed by atoms with Crippen molar-refractivity contribution in [1.29, 1.82) is 0 Å². The van der Waals surface area contributed by atoms with Crippen LogP contribution in [0, 0.1) is 11.6 Å². The fraction of sp³-hybridized carbons (Fsp3) is 0.583. The van der Waals surface area contributed by atoms with Gasteiger partial charge in [-0.15, -0.1) is 0 Å². The van der Waals surface area contributed by atoms with Crippen molar-refractivity contribution in [1.82, 2.24) is 10.6 Å². The van der Waals surface area contributed by atoms with Crippen LogP contribution in [0.2, 0.25) is 0 Å². The average molecular weight is 464 g/mol. The van der Waals surface area contributed by atoms with Gasteiger partial charge in [0, 0.05) is 42.9 Å². The first-order valence-electron chi connectivity index (χ1n) is 11.4. The zero-order valence-corrected chi connectivity index (χ0v) is 19.2. The summed E-state index contributed by atoms with van der Waals surface area (Å²) in [5.74, 6) is -2.80. The molecule has 1 unspecified atom stereocenters. The van der Waals surface area contributed by atoms with Crippen molar-refractivity contribution in [3.05, 3.63) is 41.6 Å². The molecule has 1 atom stereocenters. The van der Waals surface area contributed by atoms with Gasteiger partial charge in [0.1, 0.15) is 17.7 Å². The lowest BCUT2D eigenvalue weighted by Gasteiger charge is -2.42. The number of carbonyl (C=O) groups is 2. The number of rotatable bonds is 5. The molecule has 0 bridgehead atoms. The summed E-state index contributed by atoms with van der Waals surface area (Å²) in [6.45, 7) is 10.5. The second kappa shape index (κ2) is 8.93. The molecular weight excluding hydrogens is 432 g/mol. The van der Waals surface area contributed by atoms with E-state index >= 15 is 0 Å². The number of amides is 2. The van der Waals surface area contributed by atoms with Crippen LogP contribution in [-0.2, 0) is 14.3 Å². The maximum Gasteiger partial charge on any atom is 0.407 e. The Hall–Kier alpha value is -2.68. The Morgan fingerprint density at radius 2 is 1.82 bits per heavy atom. The van der Waals surface area contributed by atoms with E-state index in [4.69, 9.17) is 9.47 Å². The summed E-state index contributed by atoms with van der Waals surface area (Å²) in [5, 5.41) is 5.35. The first-order valence-corrected chi connectivity index (χ1v) is 11.4. The number of alkyl carbamates (subject to hydrolysis) is 1. The molecular formula is C24H31F2N3O4. The van der Waals surface area contributed by atoms with Crippen LogP contribution in [0.15, 0.2) is 24.4 Å². The molecule has 0 aromatic heterocycles. The van der Waals surface area contributed by atoms with Crippen LogP contribution in [0.5, 0.6) is 0 Å². The zero-order chi connectivity index (χ0) is 23.9. The van der Waals surface area contributed by atoms with Crippen molar-refractivity contribution in [2.45, 2.75) is 76.2 Å². The average Bonchev–Trinajstić information content (AvgIpc) is 2.62. The molecule has 9 heteroatoms. The fourth-order valence-electron chi connectivity index (χ4n) is 4.48. The molecule has 4 rings (SSSR count). The van der Waals surface area contributed by atoms with Gasteiger partial charge in [0.2, 0.25) is 5.91 Å². The highest BCUT2D eigenvalue weighted by molar-refractivity contribution is 5.86. The fourth-order valence-corrected chi connectivity index (χ4v) is 4.48. The third-order valence-corrected chi connectivity index (χ3v) is 6.18. The number of allylic oxidation sites excluding steroid dienone is 1. The first kappa shape index (κ1) is 23.5. The van der Waals surface area contributed by atoms with E-state index in [-0.39, 0.29) is 29.4 Å². The molecule has 1 aromatic carbocycles. The molecule has 3 aliphatic rings. The van der Waals surface area contributed by atoms with Gasteiger partial charge in [-0.3, -0.25) is 4.79 Å². The Labute approximate surface area is 192 Å². The monoisotopic (exact) mass is 463 g/mol. The van der Waals surface area contributed by atoms with Crippen LogP contribution in [-0.4, -0.2) is 48.9 Å². The van der Waals surface area contributed by atoms with Crippen molar-refractivity contribution in [2.75, 3.05) is 18.0 Å². The van der Waals surface area contributed by atoms with Gasteiger partial charge in [0.15, 0.2) is 0 Å². The van der Waals surface area contributed by atoms with Crippen LogP contribution in [0.25, 0.3) is 0 Å². The first-order chi connectivity index (χ1) is 15.5. The van der Waals surface area contributed by atoms with E-state index in [0.29, 0.717) is 50.2 Å². The minimum absolute atomic E-state index is 0.105. The van der Waals surface area contributed by atoms with Gasteiger partial charge in [0.05, 0.1) is 23.7 Å². The minimum atomic E-state index is -0.870. The van der Waals surface area contributed by atoms with Crippen LogP contribution >= 0.6 is 0 Å². The van der Waals surface area contributed by atoms with Gasteiger partial charge < -0.3 is 25.0 Å². The summed E-state index contributed by atoms with van der Waals surface area (Å²) in [5.41, 5.74) is 0.503. The van der Waals surface area contributed by atoms with E-state index in [9.17, 15) is 18.4 Å². The molecule has 7 nitrogen and oxygen atoms in total. The number of carbonyl (C=O) groups excluding carboxylic acids is 2. The number of nitrogens with zero attached hydrogens (tertiary/aromatic N) is 1. The van der Waals surface area contributed by atoms with Crippen molar-refractivity contribution in [2.24, 2.45) is 0 Å². The topological polar surface area (TPSA) is 79.9 Å². The number of benzene rings is 1. The molecule has 1 aliphatic carbocycles. The Morgan fingerprint density at radius 3 is 2.39 bits per heavy atom. The second-order valence-electron chi connectivity index (χ2n) is 10.1. The molecule has 2 N–H and O–H groups in total. The summed E-state index contributed by atoms with van der Waals surface area (Å²) in [7, 11) is 0. The van der Waals surface area contributed by atoms with Gasteiger partial charge in [-0.05, 0) is 45.7 Å². The van der Waals surface area contributed by atoms with Crippen LogP contribution in [0.3, 0.4) is 0 Å². The number of nitrogens with one attached hydrogen (secondary N) is 2. The maximum atomic E-state index is 14.7. The summed E-state index contributed by atoms with van der Waals surface area (Å²) >= 11 is 0. The molecule has 0 radical (unpaired) electrons. The number of ether oxygens (including phenoxy) is 2.